The molecule has 1 saturated carbocycles. The fourth-order valence-corrected chi connectivity index (χ4v) is 4.42. The van der Waals surface area contributed by atoms with Gasteiger partial charge in [-0.25, -0.2) is 9.50 Å². The summed E-state index contributed by atoms with van der Waals surface area (Å²) in [5, 5.41) is 27.5. The lowest BCUT2D eigenvalue weighted by Crippen LogP contribution is -2.67. The summed E-state index contributed by atoms with van der Waals surface area (Å²) in [6.07, 6.45) is 7.95. The van der Waals surface area contributed by atoms with E-state index in [0.717, 1.165) is 48.4 Å². The average molecular weight is 402 g/mol. The van der Waals surface area contributed by atoms with Crippen LogP contribution in [0.3, 0.4) is 0 Å². The summed E-state index contributed by atoms with van der Waals surface area (Å²) in [6.45, 7) is 2.23. The van der Waals surface area contributed by atoms with E-state index in [9.17, 15) is 10.4 Å². The van der Waals surface area contributed by atoms with Crippen LogP contribution in [0.1, 0.15) is 24.8 Å². The van der Waals surface area contributed by atoms with Crippen molar-refractivity contribution in [1.82, 2.24) is 19.9 Å². The van der Waals surface area contributed by atoms with Gasteiger partial charge in [-0.1, -0.05) is 0 Å². The Balaban J connectivity index is 1.35. The summed E-state index contributed by atoms with van der Waals surface area (Å²) in [5.74, 6) is 1.58. The Morgan fingerprint density at radius 1 is 1.27 bits per heavy atom. The number of hydrogen-bond donors (Lipinski definition) is 2. The third kappa shape index (κ3) is 2.98. The quantitative estimate of drug-likeness (QED) is 0.670. The molecule has 0 spiro atoms. The van der Waals surface area contributed by atoms with E-state index in [1.165, 1.54) is 6.42 Å². The van der Waals surface area contributed by atoms with Gasteiger partial charge < -0.3 is 20.1 Å². The number of anilines is 1. The standard InChI is InChI=1S/C22H22N6O2/c23-7-15-9-25-28-12-18(30-13-22(29)3-4-22)6-19(21(15)28)14-1-2-20(24-8-14)27-10-16-5-17(11-27)26-16/h1-2,6,8-9,12,16-17,26,29H,3-5,10-11,13H2. The molecule has 8 heteroatoms. The Hall–Kier alpha value is -3.15. The van der Waals surface area contributed by atoms with Crippen LogP contribution in [-0.2, 0) is 0 Å². The van der Waals surface area contributed by atoms with E-state index in [0.29, 0.717) is 23.4 Å². The van der Waals surface area contributed by atoms with E-state index in [4.69, 9.17) is 9.72 Å². The van der Waals surface area contributed by atoms with Crippen LogP contribution < -0.4 is 15.0 Å². The Morgan fingerprint density at radius 2 is 2.07 bits per heavy atom. The molecule has 2 unspecified atom stereocenters. The fraction of sp³-hybridized carbons (Fsp3) is 0.409. The van der Waals surface area contributed by atoms with Crippen LogP contribution in [0.15, 0.2) is 36.8 Å². The zero-order valence-corrected chi connectivity index (χ0v) is 16.5. The van der Waals surface area contributed by atoms with Crippen molar-refractivity contribution in [2.24, 2.45) is 0 Å². The average Bonchev–Trinajstić information content (AvgIpc) is 3.35. The highest BCUT2D eigenvalue weighted by atomic mass is 16.5. The van der Waals surface area contributed by atoms with E-state index >= 15 is 0 Å². The van der Waals surface area contributed by atoms with Crippen molar-refractivity contribution >= 4 is 11.3 Å². The number of nitrogens with zero attached hydrogens (tertiary/aromatic N) is 5. The zero-order valence-electron chi connectivity index (χ0n) is 16.5. The predicted octanol–water partition coefficient (Wildman–Crippen LogP) is 1.72. The Kier molecular flexibility index (Phi) is 3.79. The number of piperidine rings is 1. The van der Waals surface area contributed by atoms with Crippen molar-refractivity contribution in [2.75, 3.05) is 24.6 Å². The Labute approximate surface area is 173 Å². The number of aliphatic hydroxyl groups is 1. The van der Waals surface area contributed by atoms with Crippen LogP contribution >= 0.6 is 0 Å². The number of hydrogen-bond acceptors (Lipinski definition) is 7. The van der Waals surface area contributed by atoms with Gasteiger partial charge in [-0.15, -0.1) is 0 Å². The molecule has 3 saturated heterocycles. The molecule has 7 rings (SSSR count). The van der Waals surface area contributed by atoms with Crippen molar-refractivity contribution in [3.63, 3.8) is 0 Å². The van der Waals surface area contributed by atoms with Gasteiger partial charge in [0, 0.05) is 42.5 Å². The fourth-order valence-electron chi connectivity index (χ4n) is 4.42. The second-order valence-electron chi connectivity index (χ2n) is 8.67. The van der Waals surface area contributed by atoms with Crippen LogP contribution in [0.4, 0.5) is 5.82 Å². The molecule has 4 fully saturated rings. The lowest BCUT2D eigenvalue weighted by atomic mass is 9.91. The van der Waals surface area contributed by atoms with Gasteiger partial charge in [-0.3, -0.25) is 0 Å². The van der Waals surface area contributed by atoms with Crippen LogP contribution in [0, 0.1) is 11.3 Å². The maximum Gasteiger partial charge on any atom is 0.138 e. The molecule has 2 N–H and O–H groups in total. The highest BCUT2D eigenvalue weighted by Crippen LogP contribution is 2.37. The minimum Gasteiger partial charge on any atom is -0.489 e. The van der Waals surface area contributed by atoms with Crippen molar-refractivity contribution < 1.29 is 9.84 Å². The molecule has 2 bridgehead atoms. The van der Waals surface area contributed by atoms with E-state index in [1.54, 1.807) is 16.9 Å². The third-order valence-corrected chi connectivity index (χ3v) is 6.35. The normalized spacial score (nSPS) is 23.7. The molecular weight excluding hydrogens is 380 g/mol. The van der Waals surface area contributed by atoms with E-state index in [2.05, 4.69) is 21.4 Å². The van der Waals surface area contributed by atoms with E-state index in [-0.39, 0.29) is 6.61 Å². The molecule has 0 radical (unpaired) electrons. The highest BCUT2D eigenvalue weighted by Gasteiger charge is 2.41. The molecule has 1 aliphatic carbocycles. The number of nitrogens with one attached hydrogen (secondary N) is 1. The molecule has 2 atom stereocenters. The molecule has 30 heavy (non-hydrogen) atoms. The summed E-state index contributed by atoms with van der Waals surface area (Å²) in [6, 6.07) is 9.35. The van der Waals surface area contributed by atoms with Gasteiger partial charge >= 0.3 is 0 Å². The number of rotatable bonds is 5. The van der Waals surface area contributed by atoms with Crippen LogP contribution in [0.25, 0.3) is 16.6 Å². The van der Waals surface area contributed by atoms with E-state index < -0.39 is 5.60 Å². The first-order valence-electron chi connectivity index (χ1n) is 10.3. The summed E-state index contributed by atoms with van der Waals surface area (Å²) in [5.41, 5.74) is 2.27. The second-order valence-corrected chi connectivity index (χ2v) is 8.67. The Bertz CT molecular complexity index is 1140. The first-order chi connectivity index (χ1) is 14.6. The minimum absolute atomic E-state index is 0.257. The van der Waals surface area contributed by atoms with Crippen molar-refractivity contribution in [3.05, 3.63) is 42.4 Å². The molecule has 0 aromatic carbocycles. The minimum atomic E-state index is -0.704. The van der Waals surface area contributed by atoms with Gasteiger partial charge in [0.05, 0.1) is 29.1 Å². The summed E-state index contributed by atoms with van der Waals surface area (Å²) >= 11 is 0. The maximum atomic E-state index is 10.1. The van der Waals surface area contributed by atoms with E-state index in [1.807, 2.05) is 24.4 Å². The van der Waals surface area contributed by atoms with Gasteiger partial charge in [0.15, 0.2) is 0 Å². The first kappa shape index (κ1) is 17.7. The monoisotopic (exact) mass is 402 g/mol. The van der Waals surface area contributed by atoms with Crippen molar-refractivity contribution in [2.45, 2.75) is 36.9 Å². The predicted molar refractivity (Wildman–Crippen MR) is 110 cm³/mol. The van der Waals surface area contributed by atoms with Gasteiger partial charge in [-0.2, -0.15) is 10.4 Å². The number of piperazine rings is 1. The molecule has 4 aliphatic rings. The largest absolute Gasteiger partial charge is 0.489 e. The Morgan fingerprint density at radius 3 is 2.73 bits per heavy atom. The lowest BCUT2D eigenvalue weighted by Gasteiger charge is -2.48. The van der Waals surface area contributed by atoms with Crippen molar-refractivity contribution in [1.29, 1.82) is 5.26 Å². The maximum absolute atomic E-state index is 10.1. The second kappa shape index (κ2) is 6.42. The number of nitriles is 1. The first-order valence-corrected chi connectivity index (χ1v) is 10.3. The molecule has 6 heterocycles. The summed E-state index contributed by atoms with van der Waals surface area (Å²) in [7, 11) is 0. The number of aromatic nitrogens is 3. The molecule has 3 aliphatic heterocycles. The van der Waals surface area contributed by atoms with Crippen molar-refractivity contribution in [3.8, 4) is 22.9 Å². The highest BCUT2D eigenvalue weighted by molar-refractivity contribution is 5.85. The van der Waals surface area contributed by atoms with Crippen LogP contribution in [-0.4, -0.2) is 57.1 Å². The molecule has 152 valence electrons. The summed E-state index contributed by atoms with van der Waals surface area (Å²) in [4.78, 5) is 7.03. The van der Waals surface area contributed by atoms with Gasteiger partial charge in [0.1, 0.15) is 24.2 Å². The molecule has 3 aromatic rings. The van der Waals surface area contributed by atoms with Gasteiger partial charge in [0.25, 0.3) is 0 Å². The number of fused-ring (bicyclic) bond motifs is 3. The third-order valence-electron chi connectivity index (χ3n) is 6.35. The molecule has 8 nitrogen and oxygen atoms in total. The topological polar surface area (TPSA) is 98.7 Å². The zero-order chi connectivity index (χ0) is 20.3. The van der Waals surface area contributed by atoms with Crippen LogP contribution in [0.5, 0.6) is 5.75 Å². The molecule has 0 amide bonds. The van der Waals surface area contributed by atoms with Crippen LogP contribution in [0.2, 0.25) is 0 Å². The summed E-state index contributed by atoms with van der Waals surface area (Å²) < 4.78 is 7.52. The van der Waals surface area contributed by atoms with Gasteiger partial charge in [-0.05, 0) is 37.5 Å². The van der Waals surface area contributed by atoms with Gasteiger partial charge in [0.2, 0.25) is 0 Å². The lowest BCUT2D eigenvalue weighted by molar-refractivity contribution is 0.0854. The smallest absolute Gasteiger partial charge is 0.138 e. The number of pyridine rings is 2. The number of ether oxygens (including phenoxy) is 1. The SMILES string of the molecule is N#Cc1cnn2cc(OCC3(O)CC3)cc(-c3ccc(N4CC5CC(C4)N5)nc3)c12. The molecular formula is C22H22N6O2. The molecule has 3 aromatic heterocycles.